The van der Waals surface area contributed by atoms with Crippen LogP contribution in [0, 0.1) is 12.8 Å². The van der Waals surface area contributed by atoms with Crippen molar-refractivity contribution < 1.29 is 19.1 Å². The number of carbonyl (C=O) groups is 3. The minimum absolute atomic E-state index is 0.0185. The number of hydrogen-bond acceptors (Lipinski definition) is 10. The van der Waals surface area contributed by atoms with Crippen LogP contribution in [0.25, 0.3) is 5.65 Å². The third-order valence-corrected chi connectivity index (χ3v) is 8.24. The summed E-state index contributed by atoms with van der Waals surface area (Å²) < 4.78 is 7.26. The van der Waals surface area contributed by atoms with Crippen molar-refractivity contribution in [2.45, 2.75) is 51.2 Å². The Hall–Kier alpha value is -4.98. The van der Waals surface area contributed by atoms with Gasteiger partial charge >= 0.3 is 6.03 Å². The summed E-state index contributed by atoms with van der Waals surface area (Å²) in [6.07, 6.45) is 10.1. The number of pyridine rings is 1. The number of fused-ring (bicyclic) bond motifs is 1. The van der Waals surface area contributed by atoms with Crippen LogP contribution in [0.1, 0.15) is 59.4 Å². The maximum atomic E-state index is 13.0. The lowest BCUT2D eigenvalue weighted by Crippen LogP contribution is -2.30. The van der Waals surface area contributed by atoms with E-state index in [1.54, 1.807) is 19.5 Å². The number of anilines is 3. The van der Waals surface area contributed by atoms with Crippen LogP contribution in [0.3, 0.4) is 0 Å². The van der Waals surface area contributed by atoms with E-state index in [1.807, 2.05) is 35.9 Å². The molecule has 44 heavy (non-hydrogen) atoms. The fourth-order valence-corrected chi connectivity index (χ4v) is 5.54. The molecule has 3 fully saturated rings. The highest BCUT2D eigenvalue weighted by atomic mass is 16.5. The summed E-state index contributed by atoms with van der Waals surface area (Å²) in [5, 5.41) is 6.15. The lowest BCUT2D eigenvalue weighted by atomic mass is 10.1. The second kappa shape index (κ2) is 10.9. The first kappa shape index (κ1) is 27.8. The number of ether oxygens (including phenoxy) is 1. The summed E-state index contributed by atoms with van der Waals surface area (Å²) in [5.41, 5.74) is 4.61. The van der Waals surface area contributed by atoms with E-state index in [9.17, 15) is 14.4 Å². The second-order valence-corrected chi connectivity index (χ2v) is 11.6. The summed E-state index contributed by atoms with van der Waals surface area (Å²) in [5.74, 6) is 1.12. The lowest BCUT2D eigenvalue weighted by Gasteiger charge is -2.17. The zero-order chi connectivity index (χ0) is 30.5. The number of rotatable bonds is 10. The van der Waals surface area contributed by atoms with Gasteiger partial charge in [0.15, 0.2) is 5.65 Å². The molecule has 0 aromatic carbocycles. The molecule has 0 radical (unpaired) electrons. The van der Waals surface area contributed by atoms with E-state index in [0.717, 1.165) is 29.0 Å². The van der Waals surface area contributed by atoms with E-state index >= 15 is 0 Å². The highest BCUT2D eigenvalue weighted by Crippen LogP contribution is 2.46. The third kappa shape index (κ3) is 5.32. The standard InChI is InChI=1S/C30H32N10O4/c1-16-6-7-31-26(34-16)21-9-22(21)28(42)37-29-33-10-19(15-44-3)25(36-29)32-11-20-13-39-12-18(17-4-5-17)8-23(27(39)35-20)40-14-24(41)38(2)30(40)43/h6-8,10,12-13,17,21-22H,4-5,9,11,14-15H2,1-3H3,(H2,32,33,36,37,42)/t21-,22-/m0/s1. The van der Waals surface area contributed by atoms with Gasteiger partial charge in [0.25, 0.3) is 0 Å². The zero-order valence-corrected chi connectivity index (χ0v) is 24.6. The molecule has 4 aromatic heterocycles. The number of aryl methyl sites for hydroxylation is 1. The van der Waals surface area contributed by atoms with E-state index in [2.05, 4.69) is 30.6 Å². The molecule has 1 aliphatic heterocycles. The predicted octanol–water partition coefficient (Wildman–Crippen LogP) is 3.00. The molecule has 2 atom stereocenters. The Morgan fingerprint density at radius 1 is 1.14 bits per heavy atom. The monoisotopic (exact) mass is 596 g/mol. The number of methoxy groups -OCH3 is 1. The summed E-state index contributed by atoms with van der Waals surface area (Å²) in [6.45, 7) is 2.46. The molecule has 0 bridgehead atoms. The van der Waals surface area contributed by atoms with Crippen molar-refractivity contribution in [1.82, 2.24) is 34.2 Å². The van der Waals surface area contributed by atoms with Crippen LogP contribution in [0.2, 0.25) is 0 Å². The maximum absolute atomic E-state index is 13.0. The molecular weight excluding hydrogens is 564 g/mol. The van der Waals surface area contributed by atoms with Crippen molar-refractivity contribution in [3.63, 3.8) is 0 Å². The molecule has 7 rings (SSSR count). The summed E-state index contributed by atoms with van der Waals surface area (Å²) in [4.78, 5) is 63.2. The number of amides is 4. The van der Waals surface area contributed by atoms with Crippen molar-refractivity contribution in [1.29, 1.82) is 0 Å². The highest BCUT2D eigenvalue weighted by Gasteiger charge is 2.46. The van der Waals surface area contributed by atoms with Crippen LogP contribution >= 0.6 is 0 Å². The summed E-state index contributed by atoms with van der Waals surface area (Å²) in [6, 6.07) is 3.44. The molecule has 2 N–H and O–H groups in total. The minimum Gasteiger partial charge on any atom is -0.380 e. The van der Waals surface area contributed by atoms with Crippen LogP contribution < -0.4 is 15.5 Å². The largest absolute Gasteiger partial charge is 0.380 e. The zero-order valence-electron chi connectivity index (χ0n) is 24.6. The average Bonchev–Trinajstić information content (AvgIpc) is 3.94. The molecule has 5 heterocycles. The molecule has 2 saturated carbocycles. The van der Waals surface area contributed by atoms with Crippen LogP contribution in [0.15, 0.2) is 36.9 Å². The number of imide groups is 1. The minimum atomic E-state index is -0.365. The number of imidazole rings is 1. The number of nitrogens with zero attached hydrogens (tertiary/aromatic N) is 8. The Morgan fingerprint density at radius 2 is 1.98 bits per heavy atom. The van der Waals surface area contributed by atoms with Gasteiger partial charge in [0.2, 0.25) is 17.8 Å². The number of hydrogen-bond donors (Lipinski definition) is 2. The normalized spacial score (nSPS) is 19.6. The van der Waals surface area contributed by atoms with Gasteiger partial charge in [-0.3, -0.25) is 24.7 Å². The first-order chi connectivity index (χ1) is 21.3. The molecule has 4 aromatic rings. The predicted molar refractivity (Wildman–Crippen MR) is 159 cm³/mol. The van der Waals surface area contributed by atoms with Crippen LogP contribution in [-0.4, -0.2) is 72.8 Å². The van der Waals surface area contributed by atoms with E-state index in [4.69, 9.17) is 9.72 Å². The number of likely N-dealkylation sites (N-methyl/N-ethyl adjacent to an activating group) is 1. The summed E-state index contributed by atoms with van der Waals surface area (Å²) >= 11 is 0. The van der Waals surface area contributed by atoms with Gasteiger partial charge in [-0.2, -0.15) is 4.98 Å². The Labute approximate surface area is 252 Å². The van der Waals surface area contributed by atoms with Crippen molar-refractivity contribution in [3.8, 4) is 0 Å². The van der Waals surface area contributed by atoms with E-state index in [1.165, 1.54) is 11.9 Å². The third-order valence-electron chi connectivity index (χ3n) is 8.24. The van der Waals surface area contributed by atoms with Crippen molar-refractivity contribution in [2.75, 3.05) is 36.2 Å². The molecule has 2 aliphatic carbocycles. The molecule has 226 valence electrons. The molecule has 0 unspecified atom stereocenters. The number of carbonyl (C=O) groups excluding carboxylic acids is 3. The van der Waals surface area contributed by atoms with Crippen molar-refractivity contribution in [2.24, 2.45) is 5.92 Å². The Morgan fingerprint density at radius 3 is 2.70 bits per heavy atom. The Balaban J connectivity index is 1.10. The smallest absolute Gasteiger partial charge is 0.331 e. The van der Waals surface area contributed by atoms with Gasteiger partial charge in [-0.15, -0.1) is 0 Å². The lowest BCUT2D eigenvalue weighted by molar-refractivity contribution is -0.124. The molecule has 14 nitrogen and oxygen atoms in total. The maximum Gasteiger partial charge on any atom is 0.331 e. The SMILES string of the molecule is COCc1cnc(NC(=O)[C@H]2C[C@@H]2c2nccc(C)n2)nc1NCc1cn2cc(C3CC3)cc(N3CC(=O)N(C)C3=O)c2n1. The van der Waals surface area contributed by atoms with Crippen LogP contribution in [0.5, 0.6) is 0 Å². The topological polar surface area (TPSA) is 160 Å². The first-order valence-corrected chi connectivity index (χ1v) is 14.6. The number of aromatic nitrogens is 6. The number of nitrogens with one attached hydrogen (secondary N) is 2. The molecule has 0 spiro atoms. The fraction of sp³-hybridized carbons (Fsp3) is 0.400. The highest BCUT2D eigenvalue weighted by molar-refractivity contribution is 6.13. The van der Waals surface area contributed by atoms with E-state index < -0.39 is 0 Å². The van der Waals surface area contributed by atoms with Crippen LogP contribution in [0.4, 0.5) is 22.2 Å². The van der Waals surface area contributed by atoms with Crippen molar-refractivity contribution in [3.05, 3.63) is 65.3 Å². The van der Waals surface area contributed by atoms with E-state index in [-0.39, 0.29) is 48.8 Å². The summed E-state index contributed by atoms with van der Waals surface area (Å²) in [7, 11) is 3.08. The number of urea groups is 1. The van der Waals surface area contributed by atoms with Gasteiger partial charge in [-0.05, 0) is 49.8 Å². The van der Waals surface area contributed by atoms with Gasteiger partial charge in [0, 0.05) is 62.0 Å². The molecule has 3 aliphatic rings. The van der Waals surface area contributed by atoms with Gasteiger partial charge in [-0.1, -0.05) is 0 Å². The van der Waals surface area contributed by atoms with Gasteiger partial charge < -0.3 is 14.5 Å². The molecule has 4 amide bonds. The quantitative estimate of drug-likeness (QED) is 0.261. The fourth-order valence-electron chi connectivity index (χ4n) is 5.54. The van der Waals surface area contributed by atoms with E-state index in [0.29, 0.717) is 53.1 Å². The Kier molecular flexibility index (Phi) is 6.92. The molecular formula is C30H32N10O4. The second-order valence-electron chi connectivity index (χ2n) is 11.6. The molecule has 14 heteroatoms. The van der Waals surface area contributed by atoms with Gasteiger partial charge in [0.1, 0.15) is 18.2 Å². The van der Waals surface area contributed by atoms with Crippen molar-refractivity contribution >= 4 is 40.9 Å². The average molecular weight is 597 g/mol. The Bertz CT molecular complexity index is 1800. The van der Waals surface area contributed by atoms with Crippen LogP contribution in [-0.2, 0) is 27.5 Å². The molecule has 1 saturated heterocycles. The van der Waals surface area contributed by atoms with Gasteiger partial charge in [0.05, 0.1) is 24.5 Å². The first-order valence-electron chi connectivity index (χ1n) is 14.6. The van der Waals surface area contributed by atoms with Gasteiger partial charge in [-0.25, -0.2) is 24.7 Å².